The molecule has 104 valence electrons. The predicted octanol–water partition coefficient (Wildman–Crippen LogP) is 3.03. The number of allylic oxidation sites excluding steroid dienone is 1. The Labute approximate surface area is 117 Å². The molecule has 0 radical (unpaired) electrons. The monoisotopic (exact) mass is 272 g/mol. The molecular formula is C16H17FN2O. The fourth-order valence-electron chi connectivity index (χ4n) is 2.92. The van der Waals surface area contributed by atoms with Gasteiger partial charge in [-0.15, -0.1) is 0 Å². The van der Waals surface area contributed by atoms with E-state index >= 15 is 0 Å². The van der Waals surface area contributed by atoms with Gasteiger partial charge in [0.15, 0.2) is 0 Å². The summed E-state index contributed by atoms with van der Waals surface area (Å²) in [6.45, 7) is 3.98. The van der Waals surface area contributed by atoms with E-state index in [9.17, 15) is 9.50 Å². The number of halogens is 1. The van der Waals surface area contributed by atoms with Crippen LogP contribution in [0.2, 0.25) is 0 Å². The number of hydrogen-bond acceptors (Lipinski definition) is 2. The maximum atomic E-state index is 13.0. The average molecular weight is 272 g/mol. The van der Waals surface area contributed by atoms with Crippen molar-refractivity contribution in [2.75, 3.05) is 0 Å². The zero-order chi connectivity index (χ0) is 14.3. The Kier molecular flexibility index (Phi) is 3.18. The van der Waals surface area contributed by atoms with Crippen LogP contribution in [0, 0.1) is 19.7 Å². The summed E-state index contributed by atoms with van der Waals surface area (Å²) in [6, 6.07) is 6.31. The molecule has 1 heterocycles. The van der Waals surface area contributed by atoms with Crippen molar-refractivity contribution in [2.45, 2.75) is 32.3 Å². The summed E-state index contributed by atoms with van der Waals surface area (Å²) in [4.78, 5) is 0. The lowest BCUT2D eigenvalue weighted by molar-refractivity contribution is 0.218. The molecule has 1 aliphatic rings. The van der Waals surface area contributed by atoms with E-state index in [-0.39, 0.29) is 17.8 Å². The van der Waals surface area contributed by atoms with Gasteiger partial charge in [0.2, 0.25) is 0 Å². The molecule has 0 amide bonds. The molecule has 0 saturated heterocycles. The highest BCUT2D eigenvalue weighted by molar-refractivity contribution is 5.41. The van der Waals surface area contributed by atoms with Crippen molar-refractivity contribution >= 4 is 0 Å². The quantitative estimate of drug-likeness (QED) is 0.853. The molecule has 0 fully saturated rings. The molecule has 3 rings (SSSR count). The number of hydrogen-bond donors (Lipinski definition) is 1. The molecule has 4 heteroatoms. The lowest BCUT2D eigenvalue weighted by Gasteiger charge is -2.10. The number of benzene rings is 1. The van der Waals surface area contributed by atoms with E-state index in [1.165, 1.54) is 12.1 Å². The minimum Gasteiger partial charge on any atom is -0.389 e. The summed E-state index contributed by atoms with van der Waals surface area (Å²) in [5.74, 6) is -0.0449. The van der Waals surface area contributed by atoms with Crippen molar-refractivity contribution in [3.05, 3.63) is 59.2 Å². The molecule has 3 nitrogen and oxygen atoms in total. The number of aliphatic hydroxyl groups is 1. The van der Waals surface area contributed by atoms with Crippen LogP contribution in [-0.2, 0) is 0 Å². The number of rotatable bonds is 2. The minimum absolute atomic E-state index is 0.208. The molecule has 1 aromatic carbocycles. The second kappa shape index (κ2) is 4.87. The molecule has 0 bridgehead atoms. The molecule has 2 unspecified atom stereocenters. The Morgan fingerprint density at radius 1 is 1.20 bits per heavy atom. The average Bonchev–Trinajstić information content (AvgIpc) is 2.95. The molecule has 0 aliphatic heterocycles. The van der Waals surface area contributed by atoms with Crippen LogP contribution in [0.15, 0.2) is 36.4 Å². The summed E-state index contributed by atoms with van der Waals surface area (Å²) < 4.78 is 14.8. The molecule has 1 aromatic heterocycles. The van der Waals surface area contributed by atoms with E-state index in [2.05, 4.69) is 5.10 Å². The lowest BCUT2D eigenvalue weighted by Crippen LogP contribution is -2.03. The standard InChI is InChI=1S/C16H17FN2O/c1-10-16(12-3-8-15(20)9-12)11(2)19(18-10)14-6-4-13(17)5-7-14/h3-8,12,15,20H,9H2,1-2H3. The SMILES string of the molecule is Cc1nn(-c2ccc(F)cc2)c(C)c1C1C=CC(O)C1. The molecule has 0 spiro atoms. The number of nitrogens with zero attached hydrogens (tertiary/aromatic N) is 2. The van der Waals surface area contributed by atoms with Crippen LogP contribution in [0.25, 0.3) is 5.69 Å². The molecule has 1 N–H and O–H groups in total. The van der Waals surface area contributed by atoms with E-state index in [1.54, 1.807) is 12.1 Å². The van der Waals surface area contributed by atoms with Gasteiger partial charge in [0, 0.05) is 17.2 Å². The third-order valence-electron chi connectivity index (χ3n) is 3.85. The van der Waals surface area contributed by atoms with E-state index in [1.807, 2.05) is 30.7 Å². The first-order valence-electron chi connectivity index (χ1n) is 6.74. The van der Waals surface area contributed by atoms with Crippen LogP contribution in [0.3, 0.4) is 0 Å². The Hall–Kier alpha value is -1.94. The first kappa shape index (κ1) is 13.1. The number of aromatic nitrogens is 2. The van der Waals surface area contributed by atoms with Crippen LogP contribution >= 0.6 is 0 Å². The molecule has 20 heavy (non-hydrogen) atoms. The lowest BCUT2D eigenvalue weighted by atomic mass is 9.96. The Bertz CT molecular complexity index is 658. The van der Waals surface area contributed by atoms with Gasteiger partial charge in [-0.25, -0.2) is 9.07 Å². The first-order chi connectivity index (χ1) is 9.56. The summed E-state index contributed by atoms with van der Waals surface area (Å²) in [5.41, 5.74) is 4.00. The maximum absolute atomic E-state index is 13.0. The van der Waals surface area contributed by atoms with Crippen molar-refractivity contribution < 1.29 is 9.50 Å². The minimum atomic E-state index is -0.368. The van der Waals surface area contributed by atoms with Crippen LogP contribution < -0.4 is 0 Å². The largest absolute Gasteiger partial charge is 0.389 e. The van der Waals surface area contributed by atoms with Gasteiger partial charge in [0.1, 0.15) is 5.82 Å². The number of aryl methyl sites for hydroxylation is 1. The highest BCUT2D eigenvalue weighted by Gasteiger charge is 2.24. The van der Waals surface area contributed by atoms with Crippen LogP contribution in [0.5, 0.6) is 0 Å². The van der Waals surface area contributed by atoms with Crippen LogP contribution in [-0.4, -0.2) is 21.0 Å². The molecule has 0 saturated carbocycles. The summed E-state index contributed by atoms with van der Waals surface area (Å²) in [7, 11) is 0. The van der Waals surface area contributed by atoms with Gasteiger partial charge < -0.3 is 5.11 Å². The Morgan fingerprint density at radius 2 is 1.90 bits per heavy atom. The maximum Gasteiger partial charge on any atom is 0.123 e. The van der Waals surface area contributed by atoms with Crippen molar-refractivity contribution in [3.63, 3.8) is 0 Å². The second-order valence-electron chi connectivity index (χ2n) is 5.27. The van der Waals surface area contributed by atoms with Gasteiger partial charge in [0.25, 0.3) is 0 Å². The first-order valence-corrected chi connectivity index (χ1v) is 6.74. The van der Waals surface area contributed by atoms with E-state index < -0.39 is 0 Å². The van der Waals surface area contributed by atoms with Crippen molar-refractivity contribution in [3.8, 4) is 5.69 Å². The van der Waals surface area contributed by atoms with E-state index in [0.29, 0.717) is 6.42 Å². The summed E-state index contributed by atoms with van der Waals surface area (Å²) in [5, 5.41) is 14.2. The van der Waals surface area contributed by atoms with Crippen molar-refractivity contribution in [1.82, 2.24) is 9.78 Å². The Morgan fingerprint density at radius 3 is 2.50 bits per heavy atom. The highest BCUT2D eigenvalue weighted by Crippen LogP contribution is 2.33. The van der Waals surface area contributed by atoms with Crippen molar-refractivity contribution in [2.24, 2.45) is 0 Å². The fraction of sp³-hybridized carbons (Fsp3) is 0.312. The molecular weight excluding hydrogens is 255 g/mol. The Balaban J connectivity index is 2.02. The molecule has 1 aliphatic carbocycles. The zero-order valence-electron chi connectivity index (χ0n) is 11.5. The summed E-state index contributed by atoms with van der Waals surface area (Å²) in [6.07, 6.45) is 4.21. The third-order valence-corrected chi connectivity index (χ3v) is 3.85. The fourth-order valence-corrected chi connectivity index (χ4v) is 2.92. The van der Waals surface area contributed by atoms with Gasteiger partial charge in [-0.2, -0.15) is 5.10 Å². The zero-order valence-corrected chi connectivity index (χ0v) is 11.5. The van der Waals surface area contributed by atoms with Gasteiger partial charge in [-0.3, -0.25) is 0 Å². The van der Waals surface area contributed by atoms with E-state index in [0.717, 1.165) is 22.6 Å². The smallest absolute Gasteiger partial charge is 0.123 e. The normalized spacial score (nSPS) is 21.6. The van der Waals surface area contributed by atoms with Gasteiger partial charge >= 0.3 is 0 Å². The topological polar surface area (TPSA) is 38.0 Å². The molecule has 2 aromatic rings. The van der Waals surface area contributed by atoms with E-state index in [4.69, 9.17) is 0 Å². The van der Waals surface area contributed by atoms with Crippen LogP contribution in [0.1, 0.15) is 29.3 Å². The van der Waals surface area contributed by atoms with Gasteiger partial charge in [-0.05, 0) is 44.5 Å². The number of aliphatic hydroxyl groups excluding tert-OH is 1. The highest BCUT2D eigenvalue weighted by atomic mass is 19.1. The van der Waals surface area contributed by atoms with Gasteiger partial charge in [-0.1, -0.05) is 12.2 Å². The molecule has 2 atom stereocenters. The predicted molar refractivity (Wildman–Crippen MR) is 75.5 cm³/mol. The van der Waals surface area contributed by atoms with Crippen LogP contribution in [0.4, 0.5) is 4.39 Å². The van der Waals surface area contributed by atoms with Crippen molar-refractivity contribution in [1.29, 1.82) is 0 Å². The summed E-state index contributed by atoms with van der Waals surface area (Å²) >= 11 is 0. The second-order valence-corrected chi connectivity index (χ2v) is 5.27. The third kappa shape index (κ3) is 2.16. The van der Waals surface area contributed by atoms with Gasteiger partial charge in [0.05, 0.1) is 17.5 Å².